The van der Waals surface area contributed by atoms with E-state index in [0.717, 1.165) is 6.42 Å². The number of rotatable bonds is 3. The molecule has 0 amide bonds. The van der Waals surface area contributed by atoms with Crippen molar-refractivity contribution < 1.29 is 13.9 Å². The topological polar surface area (TPSA) is 26.3 Å². The molecular weight excluding hydrogens is 239 g/mol. The fourth-order valence-electron chi connectivity index (χ4n) is 2.41. The highest BCUT2D eigenvalue weighted by Gasteiger charge is 2.58. The molecule has 2 atom stereocenters. The molecule has 0 aromatic carbocycles. The van der Waals surface area contributed by atoms with E-state index in [9.17, 15) is 9.18 Å². The highest BCUT2D eigenvalue weighted by molar-refractivity contribution is 9.09. The van der Waals surface area contributed by atoms with E-state index in [4.69, 9.17) is 4.74 Å². The van der Waals surface area contributed by atoms with Crippen LogP contribution in [0.5, 0.6) is 0 Å². The van der Waals surface area contributed by atoms with Gasteiger partial charge >= 0.3 is 0 Å². The minimum absolute atomic E-state index is 0.167. The molecule has 1 aliphatic heterocycles. The normalized spacial score (nSPS) is 42.6. The van der Waals surface area contributed by atoms with Crippen LogP contribution in [0.25, 0.3) is 0 Å². The molecule has 1 saturated heterocycles. The van der Waals surface area contributed by atoms with Gasteiger partial charge in [-0.15, -0.1) is 0 Å². The summed E-state index contributed by atoms with van der Waals surface area (Å²) in [5.41, 5.74) is -0.979. The molecular formula is C9H12BrFO2. The first-order valence-electron chi connectivity index (χ1n) is 4.46. The van der Waals surface area contributed by atoms with Crippen LogP contribution in [0.4, 0.5) is 4.39 Å². The van der Waals surface area contributed by atoms with Gasteiger partial charge in [-0.25, -0.2) is 4.39 Å². The van der Waals surface area contributed by atoms with E-state index in [1.165, 1.54) is 0 Å². The van der Waals surface area contributed by atoms with Crippen LogP contribution in [0, 0.1) is 5.41 Å². The number of ketones is 1. The number of fused-ring (bicyclic) bond motifs is 2. The molecule has 2 nitrogen and oxygen atoms in total. The summed E-state index contributed by atoms with van der Waals surface area (Å²) in [5, 5.41) is 0.360. The van der Waals surface area contributed by atoms with E-state index >= 15 is 0 Å². The van der Waals surface area contributed by atoms with E-state index in [-0.39, 0.29) is 11.2 Å². The molecule has 74 valence electrons. The van der Waals surface area contributed by atoms with Crippen molar-refractivity contribution in [2.45, 2.75) is 24.9 Å². The monoisotopic (exact) mass is 250 g/mol. The number of hydrogen-bond donors (Lipinski definition) is 0. The zero-order valence-electron chi connectivity index (χ0n) is 7.32. The van der Waals surface area contributed by atoms with Gasteiger partial charge in [0.1, 0.15) is 6.67 Å². The number of Topliss-reactive ketones (excluding diaryl/α,β-unsaturated/α-hetero) is 1. The average Bonchev–Trinajstić information content (AvgIpc) is 2.74. The average molecular weight is 251 g/mol. The first kappa shape index (κ1) is 9.59. The van der Waals surface area contributed by atoms with Crippen LogP contribution in [0.15, 0.2) is 0 Å². The second-order valence-corrected chi connectivity index (χ2v) is 4.68. The molecule has 2 fully saturated rings. The van der Waals surface area contributed by atoms with Crippen LogP contribution < -0.4 is 0 Å². The van der Waals surface area contributed by atoms with Crippen molar-refractivity contribution in [2.75, 3.05) is 18.6 Å². The van der Waals surface area contributed by atoms with Gasteiger partial charge in [-0.3, -0.25) is 4.79 Å². The van der Waals surface area contributed by atoms with E-state index in [2.05, 4.69) is 15.9 Å². The first-order valence-corrected chi connectivity index (χ1v) is 5.58. The zero-order chi connectivity index (χ0) is 9.53. The molecule has 2 bridgehead atoms. The maximum atomic E-state index is 12.7. The number of ether oxygens (including phenoxy) is 1. The van der Waals surface area contributed by atoms with E-state index in [1.807, 2.05) is 0 Å². The Bertz CT molecular complexity index is 234. The molecule has 0 N–H and O–H groups in total. The first-order chi connectivity index (χ1) is 6.16. The largest absolute Gasteiger partial charge is 0.371 e. The van der Waals surface area contributed by atoms with Gasteiger partial charge in [0.2, 0.25) is 0 Å². The molecule has 2 rings (SSSR count). The molecule has 2 unspecified atom stereocenters. The number of halogens is 2. The van der Waals surface area contributed by atoms with Gasteiger partial charge in [0.15, 0.2) is 5.78 Å². The predicted molar refractivity (Wildman–Crippen MR) is 49.7 cm³/mol. The molecule has 1 heterocycles. The van der Waals surface area contributed by atoms with Gasteiger partial charge < -0.3 is 4.74 Å². The number of hydrogen-bond acceptors (Lipinski definition) is 2. The zero-order valence-corrected chi connectivity index (χ0v) is 8.90. The van der Waals surface area contributed by atoms with Crippen LogP contribution in [-0.4, -0.2) is 30.0 Å². The van der Waals surface area contributed by atoms with Crippen molar-refractivity contribution in [2.24, 2.45) is 5.41 Å². The van der Waals surface area contributed by atoms with Crippen molar-refractivity contribution in [1.82, 2.24) is 0 Å². The molecule has 1 saturated carbocycles. The Morgan fingerprint density at radius 2 is 2.31 bits per heavy atom. The second-order valence-electron chi connectivity index (χ2n) is 4.12. The Morgan fingerprint density at radius 1 is 1.54 bits per heavy atom. The summed E-state index contributed by atoms with van der Waals surface area (Å²) in [5.74, 6) is 0.167. The van der Waals surface area contributed by atoms with Gasteiger partial charge in [-0.1, -0.05) is 15.9 Å². The molecule has 2 aliphatic rings. The highest BCUT2D eigenvalue weighted by atomic mass is 79.9. The van der Waals surface area contributed by atoms with Crippen LogP contribution >= 0.6 is 15.9 Å². The number of carbonyl (C=O) groups is 1. The number of carbonyl (C=O) groups excluding carboxylic acids is 1. The molecule has 4 heteroatoms. The van der Waals surface area contributed by atoms with Crippen molar-refractivity contribution in [3.05, 3.63) is 0 Å². The lowest BCUT2D eigenvalue weighted by Crippen LogP contribution is -2.32. The summed E-state index contributed by atoms with van der Waals surface area (Å²) in [6, 6.07) is 0. The van der Waals surface area contributed by atoms with Crippen LogP contribution in [0.3, 0.4) is 0 Å². The van der Waals surface area contributed by atoms with Crippen molar-refractivity contribution >= 4 is 21.7 Å². The smallest absolute Gasteiger partial charge is 0.151 e. The van der Waals surface area contributed by atoms with E-state index < -0.39 is 12.3 Å². The van der Waals surface area contributed by atoms with Crippen molar-refractivity contribution in [1.29, 1.82) is 0 Å². The number of alkyl halides is 2. The van der Waals surface area contributed by atoms with E-state index in [0.29, 0.717) is 24.8 Å². The Morgan fingerprint density at radius 3 is 2.69 bits per heavy atom. The van der Waals surface area contributed by atoms with Crippen LogP contribution in [0.1, 0.15) is 19.3 Å². The molecule has 0 radical (unpaired) electrons. The van der Waals surface area contributed by atoms with Gasteiger partial charge in [-0.2, -0.15) is 0 Å². The third-order valence-corrected chi connectivity index (χ3v) is 3.84. The van der Waals surface area contributed by atoms with Crippen molar-refractivity contribution in [3.8, 4) is 0 Å². The second kappa shape index (κ2) is 3.02. The summed E-state index contributed by atoms with van der Waals surface area (Å²) >= 11 is 3.16. The lowest BCUT2D eigenvalue weighted by atomic mass is 9.84. The Balaban J connectivity index is 2.18. The Hall–Kier alpha value is 0.0400. The molecule has 1 aliphatic carbocycles. The van der Waals surface area contributed by atoms with Gasteiger partial charge in [0.25, 0.3) is 0 Å². The van der Waals surface area contributed by atoms with Gasteiger partial charge in [0, 0.05) is 0 Å². The highest BCUT2D eigenvalue weighted by Crippen LogP contribution is 2.53. The molecule has 0 spiro atoms. The summed E-state index contributed by atoms with van der Waals surface area (Å²) in [6.45, 7) is -0.0360. The van der Waals surface area contributed by atoms with Gasteiger partial charge in [-0.05, 0) is 19.3 Å². The summed E-state index contributed by atoms with van der Waals surface area (Å²) in [6.07, 6.45) is 2.07. The third-order valence-electron chi connectivity index (χ3n) is 3.33. The summed E-state index contributed by atoms with van der Waals surface area (Å²) in [4.78, 5) is 11.6. The van der Waals surface area contributed by atoms with Gasteiger partial charge in [0.05, 0.1) is 23.0 Å². The predicted octanol–water partition coefficient (Wildman–Crippen LogP) is 1.86. The standard InChI is InChI=1S/C9H12BrFO2/c10-3-7(12)8-1-2-9(4-8,5-11)13-6-8/h1-6H2. The minimum atomic E-state index is -0.613. The fraction of sp³-hybridized carbons (Fsp3) is 0.889. The Kier molecular flexibility index (Phi) is 2.23. The fourth-order valence-corrected chi connectivity index (χ4v) is 3.01. The Labute approximate surface area is 85.0 Å². The van der Waals surface area contributed by atoms with Crippen molar-refractivity contribution in [3.63, 3.8) is 0 Å². The minimum Gasteiger partial charge on any atom is -0.371 e. The van der Waals surface area contributed by atoms with Crippen LogP contribution in [0.2, 0.25) is 0 Å². The molecule has 0 aromatic heterocycles. The lowest BCUT2D eigenvalue weighted by Gasteiger charge is -2.25. The molecule has 13 heavy (non-hydrogen) atoms. The maximum absolute atomic E-state index is 12.7. The summed E-state index contributed by atoms with van der Waals surface area (Å²) < 4.78 is 18.1. The summed E-state index contributed by atoms with van der Waals surface area (Å²) in [7, 11) is 0. The van der Waals surface area contributed by atoms with E-state index in [1.54, 1.807) is 0 Å². The van der Waals surface area contributed by atoms with Crippen LogP contribution in [-0.2, 0) is 9.53 Å². The lowest BCUT2D eigenvalue weighted by molar-refractivity contribution is -0.127. The maximum Gasteiger partial charge on any atom is 0.151 e. The SMILES string of the molecule is O=C(CBr)C12CCC(CF)(C1)OC2. The third kappa shape index (κ3) is 1.26. The quantitative estimate of drug-likeness (QED) is 0.715. The molecule has 0 aromatic rings.